The monoisotopic (exact) mass is 334 g/mol. The SMILES string of the molecule is Cc1ccc(N2C(=O)C(CC(C)C)N3C(=O)c4ccccc4C23)cc1. The van der Waals surface area contributed by atoms with E-state index in [1.807, 2.05) is 55.5 Å². The molecule has 4 rings (SSSR count). The van der Waals surface area contributed by atoms with Gasteiger partial charge in [0, 0.05) is 16.8 Å². The molecule has 2 aliphatic rings. The lowest BCUT2D eigenvalue weighted by Crippen LogP contribution is -2.37. The highest BCUT2D eigenvalue weighted by Crippen LogP contribution is 2.46. The Kier molecular flexibility index (Phi) is 3.64. The second-order valence-electron chi connectivity index (χ2n) is 7.36. The minimum Gasteiger partial charge on any atom is -0.301 e. The molecule has 25 heavy (non-hydrogen) atoms. The number of carbonyl (C=O) groups excluding carboxylic acids is 2. The lowest BCUT2D eigenvalue weighted by atomic mass is 10.0. The summed E-state index contributed by atoms with van der Waals surface area (Å²) < 4.78 is 0. The van der Waals surface area contributed by atoms with Crippen LogP contribution in [0.3, 0.4) is 0 Å². The zero-order chi connectivity index (χ0) is 17.7. The highest BCUT2D eigenvalue weighted by atomic mass is 16.2. The number of rotatable bonds is 3. The van der Waals surface area contributed by atoms with Crippen molar-refractivity contribution in [3.05, 3.63) is 65.2 Å². The minimum absolute atomic E-state index is 0.0189. The molecule has 0 bridgehead atoms. The topological polar surface area (TPSA) is 40.6 Å². The quantitative estimate of drug-likeness (QED) is 0.854. The van der Waals surface area contributed by atoms with Crippen molar-refractivity contribution < 1.29 is 9.59 Å². The van der Waals surface area contributed by atoms with Gasteiger partial charge >= 0.3 is 0 Å². The van der Waals surface area contributed by atoms with E-state index >= 15 is 0 Å². The molecule has 4 nitrogen and oxygen atoms in total. The molecule has 2 atom stereocenters. The van der Waals surface area contributed by atoms with Crippen molar-refractivity contribution in [3.8, 4) is 0 Å². The molecular weight excluding hydrogens is 312 g/mol. The van der Waals surface area contributed by atoms with Crippen LogP contribution in [-0.4, -0.2) is 22.8 Å². The normalized spacial score (nSPS) is 21.9. The smallest absolute Gasteiger partial charge is 0.256 e. The molecule has 0 aromatic heterocycles. The third-order valence-corrected chi connectivity index (χ3v) is 5.08. The van der Waals surface area contributed by atoms with E-state index in [0.717, 1.165) is 16.8 Å². The minimum atomic E-state index is -0.397. The third-order valence-electron chi connectivity index (χ3n) is 5.08. The van der Waals surface area contributed by atoms with Crippen molar-refractivity contribution in [1.29, 1.82) is 0 Å². The van der Waals surface area contributed by atoms with Crippen LogP contribution in [-0.2, 0) is 4.79 Å². The maximum atomic E-state index is 13.2. The molecule has 2 aliphatic heterocycles. The molecule has 0 N–H and O–H groups in total. The van der Waals surface area contributed by atoms with E-state index in [9.17, 15) is 9.59 Å². The van der Waals surface area contributed by atoms with Gasteiger partial charge in [-0.15, -0.1) is 0 Å². The molecule has 1 saturated heterocycles. The van der Waals surface area contributed by atoms with Gasteiger partial charge in [0.15, 0.2) is 0 Å². The van der Waals surface area contributed by atoms with Gasteiger partial charge in [0.1, 0.15) is 12.2 Å². The molecule has 0 spiro atoms. The first kappa shape index (κ1) is 15.9. The maximum Gasteiger partial charge on any atom is 0.256 e. The third kappa shape index (κ3) is 2.36. The van der Waals surface area contributed by atoms with E-state index in [0.29, 0.717) is 17.9 Å². The molecular formula is C21H22N2O2. The summed E-state index contributed by atoms with van der Waals surface area (Å²) >= 11 is 0. The first-order valence-corrected chi connectivity index (χ1v) is 8.80. The average Bonchev–Trinajstić information content (AvgIpc) is 3.03. The van der Waals surface area contributed by atoms with Crippen molar-refractivity contribution in [1.82, 2.24) is 4.90 Å². The zero-order valence-electron chi connectivity index (χ0n) is 14.8. The van der Waals surface area contributed by atoms with Crippen molar-refractivity contribution in [2.45, 2.75) is 39.4 Å². The summed E-state index contributed by atoms with van der Waals surface area (Å²) in [5, 5.41) is 0. The highest BCUT2D eigenvalue weighted by Gasteiger charge is 2.54. The number of amides is 2. The van der Waals surface area contributed by atoms with Gasteiger partial charge in [0.2, 0.25) is 0 Å². The Labute approximate surface area is 148 Å². The summed E-state index contributed by atoms with van der Waals surface area (Å²) in [6.07, 6.45) is 0.347. The molecule has 2 aromatic carbocycles. The van der Waals surface area contributed by atoms with E-state index < -0.39 is 6.04 Å². The van der Waals surface area contributed by atoms with Crippen LogP contribution in [0.4, 0.5) is 5.69 Å². The summed E-state index contributed by atoms with van der Waals surface area (Å²) in [6.45, 7) is 6.20. The van der Waals surface area contributed by atoms with Crippen molar-refractivity contribution in [3.63, 3.8) is 0 Å². The Morgan fingerprint density at radius 1 is 1.00 bits per heavy atom. The lowest BCUT2D eigenvalue weighted by molar-refractivity contribution is -0.119. The van der Waals surface area contributed by atoms with Crippen molar-refractivity contribution >= 4 is 17.5 Å². The van der Waals surface area contributed by atoms with E-state index in [1.54, 1.807) is 9.80 Å². The van der Waals surface area contributed by atoms with Crippen LogP contribution in [0.2, 0.25) is 0 Å². The predicted octanol–water partition coefficient (Wildman–Crippen LogP) is 3.91. The Morgan fingerprint density at radius 3 is 2.36 bits per heavy atom. The van der Waals surface area contributed by atoms with Crippen molar-refractivity contribution in [2.24, 2.45) is 5.92 Å². The van der Waals surface area contributed by atoms with Gasteiger partial charge < -0.3 is 4.90 Å². The Morgan fingerprint density at radius 2 is 1.68 bits per heavy atom. The largest absolute Gasteiger partial charge is 0.301 e. The summed E-state index contributed by atoms with van der Waals surface area (Å²) in [5.74, 6) is 0.323. The summed E-state index contributed by atoms with van der Waals surface area (Å²) in [6, 6.07) is 15.2. The number of carbonyl (C=O) groups is 2. The van der Waals surface area contributed by atoms with E-state index in [2.05, 4.69) is 13.8 Å². The van der Waals surface area contributed by atoms with E-state index in [1.165, 1.54) is 0 Å². The van der Waals surface area contributed by atoms with Crippen LogP contribution in [0, 0.1) is 12.8 Å². The molecule has 1 fully saturated rings. The molecule has 0 radical (unpaired) electrons. The molecule has 128 valence electrons. The number of hydrogen-bond donors (Lipinski definition) is 0. The summed E-state index contributed by atoms with van der Waals surface area (Å²) in [4.78, 5) is 29.8. The number of hydrogen-bond acceptors (Lipinski definition) is 2. The fourth-order valence-electron chi connectivity index (χ4n) is 3.93. The number of nitrogens with zero attached hydrogens (tertiary/aromatic N) is 2. The van der Waals surface area contributed by atoms with Crippen molar-refractivity contribution in [2.75, 3.05) is 4.90 Å². The highest BCUT2D eigenvalue weighted by molar-refractivity contribution is 6.10. The van der Waals surface area contributed by atoms with Crippen LogP contribution in [0.5, 0.6) is 0 Å². The van der Waals surface area contributed by atoms with Crippen LogP contribution in [0.25, 0.3) is 0 Å². The molecule has 2 heterocycles. The Balaban J connectivity index is 1.85. The van der Waals surface area contributed by atoms with Crippen LogP contribution in [0.15, 0.2) is 48.5 Å². The predicted molar refractivity (Wildman–Crippen MR) is 97.3 cm³/mol. The lowest BCUT2D eigenvalue weighted by Gasteiger charge is -2.25. The number of benzene rings is 2. The summed E-state index contributed by atoms with van der Waals surface area (Å²) in [7, 11) is 0. The zero-order valence-corrected chi connectivity index (χ0v) is 14.8. The Bertz CT molecular complexity index is 841. The number of anilines is 1. The van der Waals surface area contributed by atoms with Gasteiger partial charge in [0.05, 0.1) is 0 Å². The molecule has 0 aliphatic carbocycles. The maximum absolute atomic E-state index is 13.2. The van der Waals surface area contributed by atoms with Gasteiger partial charge in [-0.1, -0.05) is 49.7 Å². The van der Waals surface area contributed by atoms with Gasteiger partial charge in [0.25, 0.3) is 11.8 Å². The van der Waals surface area contributed by atoms with Gasteiger partial charge in [-0.25, -0.2) is 0 Å². The Hall–Kier alpha value is -2.62. The fraction of sp³-hybridized carbons (Fsp3) is 0.333. The van der Waals surface area contributed by atoms with Crippen LogP contribution >= 0.6 is 0 Å². The molecule has 0 saturated carbocycles. The van der Waals surface area contributed by atoms with Crippen LogP contribution in [0.1, 0.15) is 47.9 Å². The molecule has 2 amide bonds. The average molecular weight is 334 g/mol. The van der Waals surface area contributed by atoms with Gasteiger partial charge in [-0.05, 0) is 37.5 Å². The second kappa shape index (κ2) is 5.73. The first-order chi connectivity index (χ1) is 12.0. The second-order valence-corrected chi connectivity index (χ2v) is 7.36. The molecule has 2 aromatic rings. The summed E-state index contributed by atoms with van der Waals surface area (Å²) in [5.41, 5.74) is 3.63. The fourth-order valence-corrected chi connectivity index (χ4v) is 3.93. The van der Waals surface area contributed by atoms with E-state index in [4.69, 9.17) is 0 Å². The molecule has 2 unspecified atom stereocenters. The van der Waals surface area contributed by atoms with Gasteiger partial charge in [-0.3, -0.25) is 14.5 Å². The van der Waals surface area contributed by atoms with Crippen LogP contribution < -0.4 is 4.90 Å². The molecule has 4 heteroatoms. The number of fused-ring (bicyclic) bond motifs is 3. The standard InChI is InChI=1S/C21H22N2O2/c1-13(2)12-18-21(25)22(15-10-8-14(3)9-11-15)19-16-6-4-5-7-17(16)20(24)23(18)19/h4-11,13,18-19H,12H2,1-3H3. The number of aryl methyl sites for hydroxylation is 1. The van der Waals surface area contributed by atoms with E-state index in [-0.39, 0.29) is 18.0 Å². The van der Waals surface area contributed by atoms with Gasteiger partial charge in [-0.2, -0.15) is 0 Å². The first-order valence-electron chi connectivity index (χ1n) is 8.80.